The van der Waals surface area contributed by atoms with Crippen molar-refractivity contribution in [2.75, 3.05) is 17.6 Å². The fraction of sp³-hybridized carbons (Fsp3) is 0.389. The predicted molar refractivity (Wildman–Crippen MR) is 104 cm³/mol. The molecule has 0 radical (unpaired) electrons. The fourth-order valence-corrected chi connectivity index (χ4v) is 3.00. The van der Waals surface area contributed by atoms with Gasteiger partial charge in [-0.15, -0.1) is 0 Å². The third kappa shape index (κ3) is 6.85. The maximum Gasteiger partial charge on any atom is 0.490 e. The Balaban J connectivity index is 0.000000451. The van der Waals surface area contributed by atoms with Gasteiger partial charge in [-0.25, -0.2) is 14.8 Å². The van der Waals surface area contributed by atoms with E-state index >= 15 is 0 Å². The lowest BCUT2D eigenvalue weighted by atomic mass is 10.0. The summed E-state index contributed by atoms with van der Waals surface area (Å²) >= 11 is 5.97. The largest absolute Gasteiger partial charge is 0.490 e. The molecule has 1 aromatic carbocycles. The van der Waals surface area contributed by atoms with Crippen molar-refractivity contribution in [2.45, 2.75) is 38.3 Å². The van der Waals surface area contributed by atoms with Crippen molar-refractivity contribution in [1.29, 1.82) is 0 Å². The van der Waals surface area contributed by atoms with Gasteiger partial charge >= 0.3 is 18.3 Å². The Labute approximate surface area is 183 Å². The van der Waals surface area contributed by atoms with Crippen LogP contribution in [0.4, 0.5) is 37.8 Å². The summed E-state index contributed by atoms with van der Waals surface area (Å²) in [7, 11) is 0. The summed E-state index contributed by atoms with van der Waals surface area (Å²) in [6, 6.07) is 3.08. The van der Waals surface area contributed by atoms with Gasteiger partial charge < -0.3 is 21.5 Å². The highest BCUT2D eigenvalue weighted by Gasteiger charge is 2.38. The van der Waals surface area contributed by atoms with Gasteiger partial charge in [0, 0.05) is 30.8 Å². The van der Waals surface area contributed by atoms with E-state index in [1.54, 1.807) is 6.92 Å². The highest BCUT2D eigenvalue weighted by Crippen LogP contribution is 2.34. The van der Waals surface area contributed by atoms with Gasteiger partial charge in [-0.1, -0.05) is 0 Å². The average Bonchev–Trinajstić information content (AvgIpc) is 2.66. The van der Waals surface area contributed by atoms with E-state index in [0.29, 0.717) is 17.9 Å². The molecule has 2 heterocycles. The van der Waals surface area contributed by atoms with Crippen LogP contribution >= 0.6 is 11.6 Å². The van der Waals surface area contributed by atoms with E-state index in [9.17, 15) is 26.3 Å². The number of hydrogen-bond acceptors (Lipinski definition) is 6. The third-order valence-corrected chi connectivity index (χ3v) is 4.48. The van der Waals surface area contributed by atoms with Gasteiger partial charge in [0.05, 0.1) is 17.3 Å². The zero-order chi connectivity index (χ0) is 24.3. The van der Waals surface area contributed by atoms with Gasteiger partial charge in [-0.3, -0.25) is 0 Å². The number of aliphatic carboxylic acids is 1. The number of rotatable bonds is 3. The molecule has 0 unspecified atom stereocenters. The molecule has 1 aromatic heterocycles. The normalized spacial score (nSPS) is 14.6. The minimum atomic E-state index is -5.08. The van der Waals surface area contributed by atoms with E-state index in [0.717, 1.165) is 36.4 Å². The summed E-state index contributed by atoms with van der Waals surface area (Å²) in [6.45, 7) is 3.11. The Kier molecular flexibility index (Phi) is 7.78. The molecule has 5 N–H and O–H groups in total. The third-order valence-electron chi connectivity index (χ3n) is 4.31. The van der Waals surface area contributed by atoms with Crippen molar-refractivity contribution in [3.63, 3.8) is 0 Å². The Morgan fingerprint density at radius 1 is 1.22 bits per heavy atom. The predicted octanol–water partition coefficient (Wildman–Crippen LogP) is 4.18. The first-order valence-electron chi connectivity index (χ1n) is 8.98. The molecule has 0 fully saturated rings. The van der Waals surface area contributed by atoms with Crippen LogP contribution in [0.15, 0.2) is 18.2 Å². The summed E-state index contributed by atoms with van der Waals surface area (Å²) in [5, 5.41) is 13.6. The zero-order valence-corrected chi connectivity index (χ0v) is 17.2. The number of hydrogen-bond donors (Lipinski definition) is 4. The summed E-state index contributed by atoms with van der Waals surface area (Å²) < 4.78 is 70.7. The second-order valence-electron chi connectivity index (χ2n) is 6.75. The molecule has 176 valence electrons. The maximum absolute atomic E-state index is 13.0. The number of fused-ring (bicyclic) bond motifs is 1. The fourth-order valence-electron chi connectivity index (χ4n) is 2.81. The average molecular weight is 486 g/mol. The molecule has 0 saturated heterocycles. The second kappa shape index (κ2) is 9.77. The molecule has 1 aliphatic rings. The lowest BCUT2D eigenvalue weighted by molar-refractivity contribution is -0.192. The first-order valence-corrected chi connectivity index (χ1v) is 9.36. The number of nitrogens with zero attached hydrogens (tertiary/aromatic N) is 2. The van der Waals surface area contributed by atoms with Crippen LogP contribution in [0.25, 0.3) is 0 Å². The van der Waals surface area contributed by atoms with Gasteiger partial charge in [0.2, 0.25) is 5.28 Å². The Hall–Kier alpha value is -2.80. The molecule has 7 nitrogen and oxygen atoms in total. The van der Waals surface area contributed by atoms with Crippen LogP contribution in [0.5, 0.6) is 0 Å². The number of carboxylic acid groups (broad SMARTS) is 1. The van der Waals surface area contributed by atoms with Crippen molar-refractivity contribution in [2.24, 2.45) is 0 Å². The number of nitrogens with one attached hydrogen (secondary N) is 2. The van der Waals surface area contributed by atoms with Crippen LogP contribution in [-0.4, -0.2) is 33.8 Å². The summed E-state index contributed by atoms with van der Waals surface area (Å²) in [4.78, 5) is 17.3. The quantitative estimate of drug-likeness (QED) is 0.293. The number of carboxylic acids is 1. The van der Waals surface area contributed by atoms with Gasteiger partial charge in [-0.05, 0) is 42.3 Å². The second-order valence-corrected chi connectivity index (χ2v) is 7.09. The van der Waals surface area contributed by atoms with Crippen LogP contribution in [0.3, 0.4) is 0 Å². The Morgan fingerprint density at radius 2 is 1.84 bits per heavy atom. The number of nitrogen functional groups attached to an aromatic ring is 1. The van der Waals surface area contributed by atoms with E-state index in [4.69, 9.17) is 27.2 Å². The first-order chi connectivity index (χ1) is 14.7. The maximum atomic E-state index is 13.0. The van der Waals surface area contributed by atoms with E-state index in [1.807, 2.05) is 0 Å². The molecule has 3 rings (SSSR count). The van der Waals surface area contributed by atoms with Crippen molar-refractivity contribution in [1.82, 2.24) is 15.3 Å². The summed E-state index contributed by atoms with van der Waals surface area (Å²) in [6.07, 6.45) is -8.82. The standard InChI is InChI=1S/C16H17ClF3N5.C2HF3O2/c1-8(9-4-10(16(18,19)20)6-11(21)5-9)23-14-12-7-22-3-2-13(12)24-15(17)25-14;3-2(4,5)1(6)7/h4-6,8,22H,2-3,7,21H2,1H3,(H,23,24,25);(H,6,7)/t8-;/m1./s1. The number of nitrogens with two attached hydrogens (primary N) is 1. The molecule has 0 amide bonds. The topological polar surface area (TPSA) is 113 Å². The molecule has 1 aliphatic heterocycles. The van der Waals surface area contributed by atoms with Crippen molar-refractivity contribution < 1.29 is 36.2 Å². The lowest BCUT2D eigenvalue weighted by Gasteiger charge is -2.23. The molecule has 0 bridgehead atoms. The monoisotopic (exact) mass is 485 g/mol. The van der Waals surface area contributed by atoms with Crippen LogP contribution in [-0.2, 0) is 23.9 Å². The van der Waals surface area contributed by atoms with Crippen molar-refractivity contribution in [3.05, 3.63) is 45.9 Å². The van der Waals surface area contributed by atoms with Gasteiger partial charge in [0.15, 0.2) is 0 Å². The molecular weight excluding hydrogens is 468 g/mol. The Bertz CT molecular complexity index is 984. The lowest BCUT2D eigenvalue weighted by Crippen LogP contribution is -2.27. The van der Waals surface area contributed by atoms with E-state index in [2.05, 4.69) is 20.6 Å². The minimum Gasteiger partial charge on any atom is -0.475 e. The number of alkyl halides is 6. The van der Waals surface area contributed by atoms with Gasteiger partial charge in [0.1, 0.15) is 5.82 Å². The van der Waals surface area contributed by atoms with Crippen molar-refractivity contribution in [3.8, 4) is 0 Å². The zero-order valence-electron chi connectivity index (χ0n) is 16.4. The number of benzene rings is 1. The van der Waals surface area contributed by atoms with Crippen molar-refractivity contribution >= 4 is 29.1 Å². The first kappa shape index (κ1) is 25.5. The molecule has 0 spiro atoms. The molecule has 2 aromatic rings. The Morgan fingerprint density at radius 3 is 2.41 bits per heavy atom. The van der Waals surface area contributed by atoms with Gasteiger partial charge in [0.25, 0.3) is 0 Å². The number of aromatic nitrogens is 2. The minimum absolute atomic E-state index is 0.0582. The smallest absolute Gasteiger partial charge is 0.475 e. The molecule has 0 saturated carbocycles. The van der Waals surface area contributed by atoms with Crippen LogP contribution < -0.4 is 16.4 Å². The van der Waals surface area contributed by atoms with Crippen LogP contribution in [0.2, 0.25) is 5.28 Å². The van der Waals surface area contributed by atoms with E-state index in [1.165, 1.54) is 6.07 Å². The summed E-state index contributed by atoms with van der Waals surface area (Å²) in [5.74, 6) is -2.24. The van der Waals surface area contributed by atoms with E-state index in [-0.39, 0.29) is 11.0 Å². The number of halogens is 7. The van der Waals surface area contributed by atoms with E-state index < -0.39 is 29.9 Å². The molecule has 32 heavy (non-hydrogen) atoms. The van der Waals surface area contributed by atoms with Gasteiger partial charge in [-0.2, -0.15) is 26.3 Å². The number of carbonyl (C=O) groups is 1. The van der Waals surface area contributed by atoms with Crippen LogP contribution in [0.1, 0.15) is 35.3 Å². The SMILES string of the molecule is C[C@@H](Nc1nc(Cl)nc2c1CNCC2)c1cc(N)cc(C(F)(F)F)c1.O=C(O)C(F)(F)F. The molecule has 14 heteroatoms. The highest BCUT2D eigenvalue weighted by molar-refractivity contribution is 6.28. The number of anilines is 2. The summed E-state index contributed by atoms with van der Waals surface area (Å²) in [5.41, 5.74) is 7.06. The highest BCUT2D eigenvalue weighted by atomic mass is 35.5. The molecular formula is C18H18ClF6N5O2. The van der Waals surface area contributed by atoms with Crippen LogP contribution in [0, 0.1) is 0 Å². The molecule has 0 aliphatic carbocycles. The molecule has 1 atom stereocenters.